The Bertz CT molecular complexity index is 615. The van der Waals surface area contributed by atoms with Crippen LogP contribution in [0.2, 0.25) is 5.02 Å². The van der Waals surface area contributed by atoms with Crippen LogP contribution in [0, 0.1) is 0 Å². The predicted octanol–water partition coefficient (Wildman–Crippen LogP) is 5.73. The summed E-state index contributed by atoms with van der Waals surface area (Å²) in [5, 5.41) is 0.824. The van der Waals surface area contributed by atoms with E-state index in [0.29, 0.717) is 6.04 Å². The molecule has 0 radical (unpaired) electrons. The predicted molar refractivity (Wildman–Crippen MR) is 112 cm³/mol. The highest BCUT2D eigenvalue weighted by Gasteiger charge is 2.42. The van der Waals surface area contributed by atoms with Gasteiger partial charge in [0.15, 0.2) is 0 Å². The Morgan fingerprint density at radius 3 is 2.48 bits per heavy atom. The summed E-state index contributed by atoms with van der Waals surface area (Å²) in [6.07, 6.45) is 4.22. The first-order chi connectivity index (χ1) is 12.8. The zero-order valence-electron chi connectivity index (χ0n) is 17.5. The van der Waals surface area contributed by atoms with Crippen LogP contribution in [0.3, 0.4) is 0 Å². The fourth-order valence-electron chi connectivity index (χ4n) is 4.03. The summed E-state index contributed by atoms with van der Waals surface area (Å²) in [6.45, 7) is 12.5. The fourth-order valence-corrected chi connectivity index (χ4v) is 4.23. The smallest absolute Gasteiger partial charge is 0.410 e. The Morgan fingerprint density at radius 1 is 1.11 bits per heavy atom. The van der Waals surface area contributed by atoms with E-state index in [1.165, 1.54) is 12.0 Å². The molecule has 0 saturated carbocycles. The van der Waals surface area contributed by atoms with Gasteiger partial charge in [-0.2, -0.15) is 0 Å². The summed E-state index contributed by atoms with van der Waals surface area (Å²) >= 11 is 6.37. The van der Waals surface area contributed by atoms with E-state index < -0.39 is 5.60 Å². The van der Waals surface area contributed by atoms with Crippen LogP contribution in [0.1, 0.15) is 65.9 Å². The van der Waals surface area contributed by atoms with E-state index >= 15 is 0 Å². The van der Waals surface area contributed by atoms with Crippen LogP contribution in [0.5, 0.6) is 0 Å². The molecule has 4 nitrogen and oxygen atoms in total. The number of amides is 1. The molecule has 0 bridgehead atoms. The second-order valence-electron chi connectivity index (χ2n) is 8.15. The van der Waals surface area contributed by atoms with Gasteiger partial charge in [0.05, 0.1) is 6.04 Å². The molecule has 5 heteroatoms. The minimum Gasteiger partial charge on any atom is -0.444 e. The maximum Gasteiger partial charge on any atom is 0.410 e. The van der Waals surface area contributed by atoms with Crippen molar-refractivity contribution < 1.29 is 9.53 Å². The minimum atomic E-state index is -0.447. The van der Waals surface area contributed by atoms with Crippen LogP contribution < -0.4 is 0 Å². The van der Waals surface area contributed by atoms with Crippen molar-refractivity contribution in [1.29, 1.82) is 0 Å². The molecule has 2 aliphatic heterocycles. The van der Waals surface area contributed by atoms with E-state index in [1.807, 2.05) is 57.7 Å². The summed E-state index contributed by atoms with van der Waals surface area (Å²) < 4.78 is 5.63. The molecule has 0 spiro atoms. The molecule has 1 amide bonds. The first kappa shape index (κ1) is 22.0. The van der Waals surface area contributed by atoms with Gasteiger partial charge < -0.3 is 9.64 Å². The summed E-state index contributed by atoms with van der Waals surface area (Å²) in [6, 6.07) is 8.71. The van der Waals surface area contributed by atoms with Gasteiger partial charge in [0.25, 0.3) is 0 Å². The van der Waals surface area contributed by atoms with Crippen LogP contribution in [0.15, 0.2) is 24.3 Å². The summed E-state index contributed by atoms with van der Waals surface area (Å²) in [5.41, 5.74) is 0.720. The molecular formula is C22H35ClN2O2. The molecule has 0 aliphatic carbocycles. The van der Waals surface area contributed by atoms with Gasteiger partial charge in [-0.3, -0.25) is 4.90 Å². The Morgan fingerprint density at radius 2 is 1.81 bits per heavy atom. The average molecular weight is 395 g/mol. The zero-order chi connectivity index (χ0) is 20.0. The van der Waals surface area contributed by atoms with Crippen molar-refractivity contribution in [2.24, 2.45) is 0 Å². The number of benzene rings is 1. The molecule has 1 aromatic rings. The number of halogens is 1. The lowest BCUT2D eigenvalue weighted by atomic mass is 10.0. The largest absolute Gasteiger partial charge is 0.444 e. The second-order valence-corrected chi connectivity index (χ2v) is 8.56. The molecular weight excluding hydrogens is 360 g/mol. The average Bonchev–Trinajstić information content (AvgIpc) is 2.94. The SMILES string of the molecule is CC.CC(C)(C)OC(=O)N1CCC2C1CCCCN2Cc1ccccc1Cl. The maximum atomic E-state index is 12.6. The third-order valence-corrected chi connectivity index (χ3v) is 5.50. The summed E-state index contributed by atoms with van der Waals surface area (Å²) in [5.74, 6) is 0. The number of rotatable bonds is 2. The van der Waals surface area contributed by atoms with E-state index in [2.05, 4.69) is 11.0 Å². The topological polar surface area (TPSA) is 32.8 Å². The molecule has 2 atom stereocenters. The fraction of sp³-hybridized carbons (Fsp3) is 0.682. The summed E-state index contributed by atoms with van der Waals surface area (Å²) in [7, 11) is 0. The van der Waals surface area contributed by atoms with E-state index in [4.69, 9.17) is 16.3 Å². The van der Waals surface area contributed by atoms with Gasteiger partial charge in [-0.05, 0) is 58.2 Å². The lowest BCUT2D eigenvalue weighted by molar-refractivity contribution is 0.0186. The molecule has 152 valence electrons. The van der Waals surface area contributed by atoms with Crippen molar-refractivity contribution in [1.82, 2.24) is 9.80 Å². The number of hydrogen-bond acceptors (Lipinski definition) is 3. The first-order valence-electron chi connectivity index (χ1n) is 10.3. The second kappa shape index (κ2) is 9.79. The number of ether oxygens (including phenoxy) is 1. The first-order valence-corrected chi connectivity index (χ1v) is 10.7. The Balaban J connectivity index is 0.00000126. The van der Waals surface area contributed by atoms with E-state index in [-0.39, 0.29) is 12.1 Å². The highest BCUT2D eigenvalue weighted by atomic mass is 35.5. The minimum absolute atomic E-state index is 0.167. The summed E-state index contributed by atoms with van der Waals surface area (Å²) in [4.78, 5) is 17.1. The van der Waals surface area contributed by atoms with Gasteiger partial charge in [-0.1, -0.05) is 50.1 Å². The lowest BCUT2D eigenvalue weighted by Gasteiger charge is -2.34. The van der Waals surface area contributed by atoms with Gasteiger partial charge in [-0.15, -0.1) is 0 Å². The third kappa shape index (κ3) is 5.86. The van der Waals surface area contributed by atoms with Gasteiger partial charge in [0.1, 0.15) is 5.60 Å². The van der Waals surface area contributed by atoms with Crippen molar-refractivity contribution in [3.63, 3.8) is 0 Å². The Kier molecular flexibility index (Phi) is 7.99. The number of carbonyl (C=O) groups is 1. The number of nitrogens with zero attached hydrogens (tertiary/aromatic N) is 2. The number of fused-ring (bicyclic) bond motifs is 1. The van der Waals surface area contributed by atoms with Crippen molar-refractivity contribution in [3.8, 4) is 0 Å². The lowest BCUT2D eigenvalue weighted by Crippen LogP contribution is -2.46. The standard InChI is InChI=1S/C20H29ClN2O2.C2H6/c1-20(2,3)25-19(24)23-13-11-17-18(23)10-6-7-12-22(17)14-15-8-4-5-9-16(15)21;1-2/h4-5,8-9,17-18H,6-7,10-14H2,1-3H3;1-2H3. The number of carbonyl (C=O) groups excluding carboxylic acids is 1. The van der Waals surface area contributed by atoms with E-state index in [9.17, 15) is 4.79 Å². The molecule has 1 aromatic carbocycles. The molecule has 3 rings (SSSR count). The highest BCUT2D eigenvalue weighted by Crippen LogP contribution is 2.33. The van der Waals surface area contributed by atoms with Crippen LogP contribution in [-0.2, 0) is 11.3 Å². The maximum absolute atomic E-state index is 12.6. The third-order valence-electron chi connectivity index (χ3n) is 5.13. The molecule has 2 fully saturated rings. The van der Waals surface area contributed by atoms with Crippen molar-refractivity contribution in [3.05, 3.63) is 34.9 Å². The number of likely N-dealkylation sites (tertiary alicyclic amines) is 2. The van der Waals surface area contributed by atoms with Crippen molar-refractivity contribution in [2.45, 2.75) is 84.5 Å². The molecule has 0 aromatic heterocycles. The van der Waals surface area contributed by atoms with Crippen LogP contribution in [-0.4, -0.2) is 46.7 Å². The van der Waals surface area contributed by atoms with Gasteiger partial charge in [0.2, 0.25) is 0 Å². The quantitative estimate of drug-likeness (QED) is 0.642. The van der Waals surface area contributed by atoms with Gasteiger partial charge >= 0.3 is 6.09 Å². The van der Waals surface area contributed by atoms with Crippen molar-refractivity contribution >= 4 is 17.7 Å². The van der Waals surface area contributed by atoms with Crippen LogP contribution in [0.25, 0.3) is 0 Å². The normalized spacial score (nSPS) is 23.1. The Labute approximate surface area is 169 Å². The molecule has 2 aliphatic rings. The molecule has 0 N–H and O–H groups in total. The van der Waals surface area contributed by atoms with Crippen molar-refractivity contribution in [2.75, 3.05) is 13.1 Å². The highest BCUT2D eigenvalue weighted by molar-refractivity contribution is 6.31. The van der Waals surface area contributed by atoms with Gasteiger partial charge in [-0.25, -0.2) is 4.79 Å². The molecule has 2 heterocycles. The Hall–Kier alpha value is -1.26. The van der Waals surface area contributed by atoms with Crippen LogP contribution >= 0.6 is 11.6 Å². The van der Waals surface area contributed by atoms with E-state index in [1.54, 1.807) is 0 Å². The van der Waals surface area contributed by atoms with Crippen LogP contribution in [0.4, 0.5) is 4.79 Å². The van der Waals surface area contributed by atoms with Gasteiger partial charge in [0, 0.05) is 24.2 Å². The van der Waals surface area contributed by atoms with E-state index in [0.717, 1.165) is 43.9 Å². The number of hydrogen-bond donors (Lipinski definition) is 0. The molecule has 27 heavy (non-hydrogen) atoms. The zero-order valence-corrected chi connectivity index (χ0v) is 18.3. The monoisotopic (exact) mass is 394 g/mol. The molecule has 2 saturated heterocycles. The molecule has 2 unspecified atom stereocenters.